The van der Waals surface area contributed by atoms with E-state index in [9.17, 15) is 5.11 Å². The van der Waals surface area contributed by atoms with Gasteiger partial charge in [-0.1, -0.05) is 38.7 Å². The molecular weight excluding hydrogens is 176 g/mol. The third-order valence-electron chi connectivity index (χ3n) is 2.58. The van der Waals surface area contributed by atoms with Crippen LogP contribution in [0.3, 0.4) is 0 Å². The minimum atomic E-state index is -0.659. The molecule has 1 unspecified atom stereocenters. The van der Waals surface area contributed by atoms with E-state index in [0.717, 1.165) is 44.9 Å². The number of rotatable bonds is 9. The number of aliphatic hydroxyl groups is 2. The molecule has 0 aliphatic carbocycles. The van der Waals surface area contributed by atoms with Gasteiger partial charge in [-0.25, -0.2) is 0 Å². The van der Waals surface area contributed by atoms with E-state index in [1.54, 1.807) is 6.08 Å². The summed E-state index contributed by atoms with van der Waals surface area (Å²) in [6.45, 7) is 6.02. The van der Waals surface area contributed by atoms with Crippen molar-refractivity contribution in [3.05, 3.63) is 12.7 Å². The zero-order valence-electron chi connectivity index (χ0n) is 9.34. The summed E-state index contributed by atoms with van der Waals surface area (Å²) in [5.41, 5.74) is -0.659. The van der Waals surface area contributed by atoms with E-state index in [2.05, 4.69) is 13.5 Å². The largest absolute Gasteiger partial charge is 0.396 e. The minimum Gasteiger partial charge on any atom is -0.396 e. The first-order valence-corrected chi connectivity index (χ1v) is 5.65. The molecule has 0 rings (SSSR count). The highest BCUT2D eigenvalue weighted by atomic mass is 16.3. The van der Waals surface area contributed by atoms with Gasteiger partial charge in [0.2, 0.25) is 0 Å². The van der Waals surface area contributed by atoms with Gasteiger partial charge in [0, 0.05) is 6.61 Å². The number of aliphatic hydroxyl groups excluding tert-OH is 1. The quantitative estimate of drug-likeness (QED) is 0.444. The van der Waals surface area contributed by atoms with Gasteiger partial charge in [0.15, 0.2) is 0 Å². The van der Waals surface area contributed by atoms with E-state index in [4.69, 9.17) is 5.11 Å². The molecule has 0 heterocycles. The molecule has 0 saturated heterocycles. The molecular formula is C12H24O2. The monoisotopic (exact) mass is 200 g/mol. The van der Waals surface area contributed by atoms with E-state index >= 15 is 0 Å². The summed E-state index contributed by atoms with van der Waals surface area (Å²) in [6.07, 6.45) is 8.28. The van der Waals surface area contributed by atoms with Crippen LogP contribution in [-0.4, -0.2) is 22.4 Å². The second-order valence-corrected chi connectivity index (χ2v) is 3.95. The summed E-state index contributed by atoms with van der Waals surface area (Å²) in [5.74, 6) is 0. The molecule has 0 aromatic rings. The van der Waals surface area contributed by atoms with Gasteiger partial charge in [0.1, 0.15) is 0 Å². The van der Waals surface area contributed by atoms with Crippen LogP contribution in [0.2, 0.25) is 0 Å². The zero-order valence-corrected chi connectivity index (χ0v) is 9.34. The number of hydrogen-bond acceptors (Lipinski definition) is 2. The summed E-state index contributed by atoms with van der Waals surface area (Å²) < 4.78 is 0. The summed E-state index contributed by atoms with van der Waals surface area (Å²) >= 11 is 0. The summed E-state index contributed by atoms with van der Waals surface area (Å²) in [6, 6.07) is 0. The molecule has 2 N–H and O–H groups in total. The molecule has 1 atom stereocenters. The van der Waals surface area contributed by atoms with Crippen LogP contribution < -0.4 is 0 Å². The molecule has 2 nitrogen and oxygen atoms in total. The highest BCUT2D eigenvalue weighted by Crippen LogP contribution is 2.22. The summed E-state index contributed by atoms with van der Waals surface area (Å²) in [5, 5.41) is 18.6. The van der Waals surface area contributed by atoms with Crippen molar-refractivity contribution < 1.29 is 10.2 Å². The highest BCUT2D eigenvalue weighted by molar-refractivity contribution is 4.94. The van der Waals surface area contributed by atoms with E-state index in [-0.39, 0.29) is 6.61 Å². The van der Waals surface area contributed by atoms with Crippen molar-refractivity contribution >= 4 is 0 Å². The van der Waals surface area contributed by atoms with Crippen molar-refractivity contribution in [3.63, 3.8) is 0 Å². The normalized spacial score (nSPS) is 15.1. The fraction of sp³-hybridized carbons (Fsp3) is 0.833. The van der Waals surface area contributed by atoms with E-state index < -0.39 is 5.60 Å². The molecule has 84 valence electrons. The van der Waals surface area contributed by atoms with Gasteiger partial charge < -0.3 is 10.2 Å². The van der Waals surface area contributed by atoms with E-state index in [1.807, 2.05) is 0 Å². The molecule has 0 aromatic heterocycles. The van der Waals surface area contributed by atoms with Crippen molar-refractivity contribution in [2.45, 2.75) is 57.5 Å². The van der Waals surface area contributed by atoms with Crippen LogP contribution in [0.15, 0.2) is 12.7 Å². The Morgan fingerprint density at radius 2 is 1.79 bits per heavy atom. The van der Waals surface area contributed by atoms with Gasteiger partial charge >= 0.3 is 0 Å². The van der Waals surface area contributed by atoms with Gasteiger partial charge in [-0.3, -0.25) is 0 Å². The number of hydrogen-bond donors (Lipinski definition) is 2. The Hall–Kier alpha value is -0.340. The average molecular weight is 200 g/mol. The Labute approximate surface area is 87.7 Å². The lowest BCUT2D eigenvalue weighted by Gasteiger charge is -2.23. The van der Waals surface area contributed by atoms with Crippen LogP contribution in [0.25, 0.3) is 0 Å². The van der Waals surface area contributed by atoms with E-state index in [0.29, 0.717) is 0 Å². The number of unbranched alkanes of at least 4 members (excludes halogenated alkanes) is 3. The first kappa shape index (κ1) is 13.7. The third kappa shape index (κ3) is 6.17. The Morgan fingerprint density at radius 3 is 2.29 bits per heavy atom. The van der Waals surface area contributed by atoms with Gasteiger partial charge in [0.05, 0.1) is 5.60 Å². The molecule has 0 bridgehead atoms. The van der Waals surface area contributed by atoms with Gasteiger partial charge in [-0.2, -0.15) is 0 Å². The van der Waals surface area contributed by atoms with Crippen LogP contribution in [0.1, 0.15) is 51.9 Å². The molecule has 2 heteroatoms. The standard InChI is InChI=1S/C12H24O2/c1-3-9-12(14,4-2)10-7-5-6-8-11-13/h4,13-14H,2-3,5-11H2,1H3. The molecule has 0 amide bonds. The van der Waals surface area contributed by atoms with Crippen molar-refractivity contribution in [1.29, 1.82) is 0 Å². The van der Waals surface area contributed by atoms with Crippen LogP contribution in [-0.2, 0) is 0 Å². The summed E-state index contributed by atoms with van der Waals surface area (Å²) in [7, 11) is 0. The fourth-order valence-corrected chi connectivity index (χ4v) is 1.66. The molecule has 0 aliphatic heterocycles. The predicted molar refractivity (Wildman–Crippen MR) is 60.2 cm³/mol. The van der Waals surface area contributed by atoms with Crippen molar-refractivity contribution in [2.24, 2.45) is 0 Å². The Kier molecular flexibility index (Phi) is 7.81. The SMILES string of the molecule is C=CC(O)(CCC)CCCCCCO. The smallest absolute Gasteiger partial charge is 0.0825 e. The maximum absolute atomic E-state index is 10.0. The topological polar surface area (TPSA) is 40.5 Å². The van der Waals surface area contributed by atoms with Crippen LogP contribution in [0.5, 0.6) is 0 Å². The second kappa shape index (κ2) is 8.01. The fourth-order valence-electron chi connectivity index (χ4n) is 1.66. The summed E-state index contributed by atoms with van der Waals surface area (Å²) in [4.78, 5) is 0. The first-order chi connectivity index (χ1) is 6.68. The Morgan fingerprint density at radius 1 is 1.14 bits per heavy atom. The highest BCUT2D eigenvalue weighted by Gasteiger charge is 2.20. The van der Waals surface area contributed by atoms with Crippen molar-refractivity contribution in [2.75, 3.05) is 6.61 Å². The first-order valence-electron chi connectivity index (χ1n) is 5.65. The zero-order chi connectivity index (χ0) is 10.9. The van der Waals surface area contributed by atoms with Crippen molar-refractivity contribution in [1.82, 2.24) is 0 Å². The molecule has 14 heavy (non-hydrogen) atoms. The maximum atomic E-state index is 10.0. The third-order valence-corrected chi connectivity index (χ3v) is 2.58. The predicted octanol–water partition coefficient (Wildman–Crippen LogP) is 2.65. The lowest BCUT2D eigenvalue weighted by atomic mass is 9.91. The van der Waals surface area contributed by atoms with Gasteiger partial charge in [-0.05, 0) is 19.3 Å². The van der Waals surface area contributed by atoms with Crippen LogP contribution in [0.4, 0.5) is 0 Å². The van der Waals surface area contributed by atoms with Gasteiger partial charge in [0.25, 0.3) is 0 Å². The lowest BCUT2D eigenvalue weighted by Crippen LogP contribution is -2.24. The molecule has 0 fully saturated rings. The maximum Gasteiger partial charge on any atom is 0.0825 e. The molecule has 0 aromatic carbocycles. The average Bonchev–Trinajstić information content (AvgIpc) is 2.18. The van der Waals surface area contributed by atoms with E-state index in [1.165, 1.54) is 0 Å². The van der Waals surface area contributed by atoms with Gasteiger partial charge in [-0.15, -0.1) is 6.58 Å². The molecule has 0 aliphatic rings. The second-order valence-electron chi connectivity index (χ2n) is 3.95. The minimum absolute atomic E-state index is 0.278. The van der Waals surface area contributed by atoms with Crippen LogP contribution in [0, 0.1) is 0 Å². The molecule has 0 spiro atoms. The Balaban J connectivity index is 3.56. The Bertz CT molecular complexity index is 145. The van der Waals surface area contributed by atoms with Crippen LogP contribution >= 0.6 is 0 Å². The lowest BCUT2D eigenvalue weighted by molar-refractivity contribution is 0.0687. The van der Waals surface area contributed by atoms with Crippen molar-refractivity contribution in [3.8, 4) is 0 Å². The molecule has 0 radical (unpaired) electrons. The molecule has 0 saturated carbocycles.